The normalized spacial score (nSPS) is 24.8. The largest absolute Gasteiger partial charge is 0.366 e. The lowest BCUT2D eigenvalue weighted by molar-refractivity contribution is 0.185. The Hall–Kier alpha value is -1.06. The van der Waals surface area contributed by atoms with Gasteiger partial charge in [0, 0.05) is 30.9 Å². The summed E-state index contributed by atoms with van der Waals surface area (Å²) in [5.41, 5.74) is 9.83. The van der Waals surface area contributed by atoms with Gasteiger partial charge in [-0.05, 0) is 64.0 Å². The lowest BCUT2D eigenvalue weighted by atomic mass is 10.0. The third-order valence-corrected chi connectivity index (χ3v) is 4.44. The van der Waals surface area contributed by atoms with E-state index in [0.29, 0.717) is 12.1 Å². The first kappa shape index (κ1) is 14.4. The van der Waals surface area contributed by atoms with Crippen LogP contribution >= 0.6 is 0 Å². The average molecular weight is 261 g/mol. The summed E-state index contributed by atoms with van der Waals surface area (Å²) >= 11 is 0. The number of aryl methyl sites for hydroxylation is 2. The van der Waals surface area contributed by atoms with Gasteiger partial charge >= 0.3 is 0 Å². The minimum atomic E-state index is 0.557. The van der Waals surface area contributed by atoms with Crippen molar-refractivity contribution in [2.24, 2.45) is 5.73 Å². The van der Waals surface area contributed by atoms with Crippen LogP contribution in [0.25, 0.3) is 0 Å². The van der Waals surface area contributed by atoms with Crippen molar-refractivity contribution in [3.8, 4) is 0 Å². The van der Waals surface area contributed by atoms with E-state index in [0.717, 1.165) is 26.1 Å². The minimum absolute atomic E-state index is 0.557. The molecule has 3 heteroatoms. The molecule has 0 bridgehead atoms. The SMILES string of the molecule is Cc1ccc(N2CC(CCN)N(C)CC2C)cc1C. The summed E-state index contributed by atoms with van der Waals surface area (Å²) in [6.45, 7) is 9.63. The summed E-state index contributed by atoms with van der Waals surface area (Å²) in [5, 5.41) is 0. The smallest absolute Gasteiger partial charge is 0.0389 e. The molecule has 3 nitrogen and oxygen atoms in total. The monoisotopic (exact) mass is 261 g/mol. The highest BCUT2D eigenvalue weighted by atomic mass is 15.3. The molecule has 0 radical (unpaired) electrons. The first-order valence-electron chi connectivity index (χ1n) is 7.27. The number of likely N-dealkylation sites (N-methyl/N-ethyl adjacent to an activating group) is 1. The van der Waals surface area contributed by atoms with Gasteiger partial charge in [-0.15, -0.1) is 0 Å². The summed E-state index contributed by atoms with van der Waals surface area (Å²) in [5.74, 6) is 0. The number of benzene rings is 1. The number of rotatable bonds is 3. The van der Waals surface area contributed by atoms with E-state index in [-0.39, 0.29) is 0 Å². The molecule has 2 N–H and O–H groups in total. The summed E-state index contributed by atoms with van der Waals surface area (Å²) in [7, 11) is 2.22. The Morgan fingerprint density at radius 1 is 1.21 bits per heavy atom. The molecule has 0 spiro atoms. The Bertz CT molecular complexity index is 430. The second-order valence-corrected chi connectivity index (χ2v) is 5.94. The van der Waals surface area contributed by atoms with E-state index in [9.17, 15) is 0 Å². The zero-order valence-electron chi connectivity index (χ0n) is 12.7. The quantitative estimate of drug-likeness (QED) is 0.905. The van der Waals surface area contributed by atoms with Gasteiger partial charge in [-0.2, -0.15) is 0 Å². The highest BCUT2D eigenvalue weighted by molar-refractivity contribution is 5.52. The highest BCUT2D eigenvalue weighted by Crippen LogP contribution is 2.25. The van der Waals surface area contributed by atoms with E-state index in [1.807, 2.05) is 0 Å². The van der Waals surface area contributed by atoms with E-state index in [1.165, 1.54) is 16.8 Å². The van der Waals surface area contributed by atoms with Crippen molar-refractivity contribution in [2.45, 2.75) is 39.3 Å². The molecule has 1 heterocycles. The number of hydrogen-bond acceptors (Lipinski definition) is 3. The second-order valence-electron chi connectivity index (χ2n) is 5.94. The summed E-state index contributed by atoms with van der Waals surface area (Å²) in [6, 6.07) is 7.93. The number of nitrogens with two attached hydrogens (primary N) is 1. The van der Waals surface area contributed by atoms with E-state index < -0.39 is 0 Å². The predicted molar refractivity (Wildman–Crippen MR) is 82.8 cm³/mol. The Kier molecular flexibility index (Phi) is 4.48. The van der Waals surface area contributed by atoms with Gasteiger partial charge in [0.25, 0.3) is 0 Å². The third-order valence-electron chi connectivity index (χ3n) is 4.44. The van der Waals surface area contributed by atoms with Crippen LogP contribution < -0.4 is 10.6 Å². The third kappa shape index (κ3) is 3.10. The first-order chi connectivity index (χ1) is 9.02. The number of anilines is 1. The topological polar surface area (TPSA) is 32.5 Å². The molecular weight excluding hydrogens is 234 g/mol. The molecule has 1 saturated heterocycles. The van der Waals surface area contributed by atoms with Crippen LogP contribution in [-0.2, 0) is 0 Å². The Balaban J connectivity index is 2.19. The van der Waals surface area contributed by atoms with Crippen molar-refractivity contribution < 1.29 is 0 Å². The maximum Gasteiger partial charge on any atom is 0.0389 e. The van der Waals surface area contributed by atoms with Crippen LogP contribution in [0.15, 0.2) is 18.2 Å². The molecule has 0 aliphatic carbocycles. The van der Waals surface area contributed by atoms with Crippen LogP contribution in [0.2, 0.25) is 0 Å². The van der Waals surface area contributed by atoms with Gasteiger partial charge in [-0.25, -0.2) is 0 Å². The molecule has 1 aromatic carbocycles. The molecule has 2 rings (SSSR count). The Morgan fingerprint density at radius 2 is 1.95 bits per heavy atom. The second kappa shape index (κ2) is 5.93. The molecule has 0 amide bonds. The zero-order valence-corrected chi connectivity index (χ0v) is 12.7. The van der Waals surface area contributed by atoms with E-state index in [2.05, 4.69) is 55.8 Å². The molecule has 1 aliphatic rings. The number of hydrogen-bond donors (Lipinski definition) is 1. The molecule has 0 saturated carbocycles. The molecule has 1 aliphatic heterocycles. The van der Waals surface area contributed by atoms with Crippen LogP contribution in [0.4, 0.5) is 5.69 Å². The molecule has 1 fully saturated rings. The molecular formula is C16H27N3. The fourth-order valence-electron chi connectivity index (χ4n) is 2.98. The summed E-state index contributed by atoms with van der Waals surface area (Å²) < 4.78 is 0. The van der Waals surface area contributed by atoms with Crippen molar-refractivity contribution in [2.75, 3.05) is 31.6 Å². The maximum absolute atomic E-state index is 5.74. The van der Waals surface area contributed by atoms with Crippen LogP contribution in [0, 0.1) is 13.8 Å². The van der Waals surface area contributed by atoms with Gasteiger partial charge in [0.2, 0.25) is 0 Å². The molecule has 1 aromatic rings. The van der Waals surface area contributed by atoms with Crippen molar-refractivity contribution in [3.05, 3.63) is 29.3 Å². The standard InChI is InChI=1S/C16H27N3/c1-12-5-6-15(9-13(12)2)19-11-16(7-8-17)18(4)10-14(19)3/h5-6,9,14,16H,7-8,10-11,17H2,1-4H3. The van der Waals surface area contributed by atoms with E-state index in [4.69, 9.17) is 5.73 Å². The lowest BCUT2D eigenvalue weighted by Gasteiger charge is -2.45. The van der Waals surface area contributed by atoms with E-state index in [1.54, 1.807) is 0 Å². The van der Waals surface area contributed by atoms with Gasteiger partial charge in [0.15, 0.2) is 0 Å². The predicted octanol–water partition coefficient (Wildman–Crippen LogP) is 2.16. The van der Waals surface area contributed by atoms with Gasteiger partial charge in [-0.1, -0.05) is 6.07 Å². The highest BCUT2D eigenvalue weighted by Gasteiger charge is 2.28. The van der Waals surface area contributed by atoms with Crippen LogP contribution in [0.3, 0.4) is 0 Å². The summed E-state index contributed by atoms with van der Waals surface area (Å²) in [6.07, 6.45) is 1.07. The number of nitrogens with zero attached hydrogens (tertiary/aromatic N) is 2. The fraction of sp³-hybridized carbons (Fsp3) is 0.625. The minimum Gasteiger partial charge on any atom is -0.366 e. The van der Waals surface area contributed by atoms with Crippen LogP contribution in [0.1, 0.15) is 24.5 Å². The molecule has 0 aromatic heterocycles. The molecule has 106 valence electrons. The van der Waals surface area contributed by atoms with Crippen LogP contribution in [0.5, 0.6) is 0 Å². The molecule has 2 unspecified atom stereocenters. The average Bonchev–Trinajstić information content (AvgIpc) is 2.36. The Labute approximate surface area is 117 Å². The van der Waals surface area contributed by atoms with Crippen molar-refractivity contribution in [1.29, 1.82) is 0 Å². The number of piperazine rings is 1. The fourth-order valence-corrected chi connectivity index (χ4v) is 2.98. The maximum atomic E-state index is 5.74. The van der Waals surface area contributed by atoms with Gasteiger partial charge in [-0.3, -0.25) is 4.90 Å². The summed E-state index contributed by atoms with van der Waals surface area (Å²) in [4.78, 5) is 4.99. The van der Waals surface area contributed by atoms with Crippen LogP contribution in [-0.4, -0.2) is 43.7 Å². The van der Waals surface area contributed by atoms with Crippen molar-refractivity contribution >= 4 is 5.69 Å². The first-order valence-corrected chi connectivity index (χ1v) is 7.27. The molecule has 2 atom stereocenters. The van der Waals surface area contributed by atoms with Gasteiger partial charge in [0.05, 0.1) is 0 Å². The Morgan fingerprint density at radius 3 is 2.58 bits per heavy atom. The lowest BCUT2D eigenvalue weighted by Crippen LogP contribution is -2.56. The van der Waals surface area contributed by atoms with E-state index >= 15 is 0 Å². The zero-order chi connectivity index (χ0) is 14.0. The van der Waals surface area contributed by atoms with Gasteiger partial charge < -0.3 is 10.6 Å². The van der Waals surface area contributed by atoms with Crippen molar-refractivity contribution in [3.63, 3.8) is 0 Å². The van der Waals surface area contributed by atoms with Crippen molar-refractivity contribution in [1.82, 2.24) is 4.90 Å². The molecule has 19 heavy (non-hydrogen) atoms. The van der Waals surface area contributed by atoms with Gasteiger partial charge in [0.1, 0.15) is 0 Å².